The van der Waals surface area contributed by atoms with Gasteiger partial charge in [0.05, 0.1) is 37.6 Å². The van der Waals surface area contributed by atoms with Crippen molar-refractivity contribution in [1.29, 1.82) is 0 Å². The normalized spacial score (nSPS) is 27.5. The Balaban J connectivity index is 1.27. The fourth-order valence-electron chi connectivity index (χ4n) is 5.65. The Kier molecular flexibility index (Phi) is 12.5. The molecule has 3 rings (SSSR count). The minimum Gasteiger partial charge on any atom is -0.381 e. The fourth-order valence-corrected chi connectivity index (χ4v) is 5.65. The summed E-state index contributed by atoms with van der Waals surface area (Å²) in [6, 6.07) is 0. The van der Waals surface area contributed by atoms with Gasteiger partial charge in [-0.25, -0.2) is 4.39 Å². The van der Waals surface area contributed by atoms with E-state index in [0.29, 0.717) is 44.6 Å². The lowest BCUT2D eigenvalue weighted by Gasteiger charge is -2.37. The molecule has 3 fully saturated rings. The maximum Gasteiger partial charge on any atom is 0.127 e. The molecule has 230 valence electrons. The predicted molar refractivity (Wildman–Crippen MR) is 156 cm³/mol. The molecule has 8 heteroatoms. The van der Waals surface area contributed by atoms with E-state index in [2.05, 4.69) is 64.1 Å². The molecule has 2 saturated heterocycles. The average molecular weight is 558 g/mol. The highest BCUT2D eigenvalue weighted by molar-refractivity contribution is 4.90. The molecule has 0 aromatic carbocycles. The summed E-state index contributed by atoms with van der Waals surface area (Å²) in [4.78, 5) is 2.33. The van der Waals surface area contributed by atoms with Crippen LogP contribution in [0.4, 0.5) is 4.39 Å². The van der Waals surface area contributed by atoms with Crippen molar-refractivity contribution in [3.63, 3.8) is 0 Å². The lowest BCUT2D eigenvalue weighted by molar-refractivity contribution is -0.0645. The van der Waals surface area contributed by atoms with Gasteiger partial charge >= 0.3 is 0 Å². The molecule has 1 aliphatic carbocycles. The molecular formula is C31H60FN3O4. The summed E-state index contributed by atoms with van der Waals surface area (Å²) in [5, 5.41) is 7.15. The Labute approximate surface area is 238 Å². The third-order valence-electron chi connectivity index (χ3n) is 8.96. The number of ether oxygens (including phenoxy) is 4. The minimum absolute atomic E-state index is 0.0679. The maximum atomic E-state index is 15.0. The van der Waals surface area contributed by atoms with E-state index in [1.165, 1.54) is 0 Å². The smallest absolute Gasteiger partial charge is 0.127 e. The maximum absolute atomic E-state index is 15.0. The zero-order chi connectivity index (χ0) is 28.6. The van der Waals surface area contributed by atoms with Crippen molar-refractivity contribution in [3.05, 3.63) is 0 Å². The Morgan fingerprint density at radius 2 is 1.62 bits per heavy atom. The summed E-state index contributed by atoms with van der Waals surface area (Å²) in [6.45, 7) is 19.8. The molecule has 2 heterocycles. The van der Waals surface area contributed by atoms with E-state index in [9.17, 15) is 4.39 Å². The van der Waals surface area contributed by atoms with Gasteiger partial charge in [-0.1, -0.05) is 0 Å². The molecule has 7 nitrogen and oxygen atoms in total. The molecule has 0 bridgehead atoms. The number of halogens is 1. The first-order valence-electron chi connectivity index (χ1n) is 15.6. The van der Waals surface area contributed by atoms with Gasteiger partial charge in [0.2, 0.25) is 0 Å². The monoisotopic (exact) mass is 557 g/mol. The lowest BCUT2D eigenvalue weighted by Crippen LogP contribution is -2.51. The minimum atomic E-state index is -1.14. The molecule has 1 saturated carbocycles. The highest BCUT2D eigenvalue weighted by Gasteiger charge is 2.35. The van der Waals surface area contributed by atoms with Crippen LogP contribution >= 0.6 is 0 Å². The zero-order valence-corrected chi connectivity index (χ0v) is 26.2. The van der Waals surface area contributed by atoms with Gasteiger partial charge in [-0.2, -0.15) is 0 Å². The van der Waals surface area contributed by atoms with Gasteiger partial charge in [0, 0.05) is 63.3 Å². The summed E-state index contributed by atoms with van der Waals surface area (Å²) in [7, 11) is 2.16. The van der Waals surface area contributed by atoms with Crippen molar-refractivity contribution >= 4 is 0 Å². The number of morpholine rings is 1. The van der Waals surface area contributed by atoms with Crippen LogP contribution in [0.3, 0.4) is 0 Å². The predicted octanol–water partition coefficient (Wildman–Crippen LogP) is 4.72. The molecule has 0 amide bonds. The van der Waals surface area contributed by atoms with Crippen LogP contribution in [0.5, 0.6) is 0 Å². The summed E-state index contributed by atoms with van der Waals surface area (Å²) in [6.07, 6.45) is 7.98. The second-order valence-electron chi connectivity index (χ2n) is 14.5. The van der Waals surface area contributed by atoms with Gasteiger partial charge in [-0.15, -0.1) is 0 Å². The van der Waals surface area contributed by atoms with Crippen LogP contribution in [-0.4, -0.2) is 106 Å². The van der Waals surface area contributed by atoms with Gasteiger partial charge in [-0.3, -0.25) is 0 Å². The molecule has 2 aliphatic heterocycles. The van der Waals surface area contributed by atoms with Crippen molar-refractivity contribution in [3.8, 4) is 0 Å². The Bertz CT molecular complexity index is 706. The molecule has 0 aromatic heterocycles. The zero-order valence-electron chi connectivity index (χ0n) is 26.2. The lowest BCUT2D eigenvalue weighted by atomic mass is 9.87. The van der Waals surface area contributed by atoms with E-state index in [1.54, 1.807) is 0 Å². The van der Waals surface area contributed by atoms with Crippen molar-refractivity contribution in [2.24, 2.45) is 5.92 Å². The number of alkyl halides is 1. The number of rotatable bonds is 15. The Hall–Kier alpha value is -0.350. The first kappa shape index (κ1) is 33.2. The number of likely N-dealkylation sites (N-methyl/N-ethyl adjacent to an activating group) is 1. The first-order valence-corrected chi connectivity index (χ1v) is 15.6. The van der Waals surface area contributed by atoms with Gasteiger partial charge < -0.3 is 34.5 Å². The van der Waals surface area contributed by atoms with E-state index in [4.69, 9.17) is 18.9 Å². The molecule has 2 N–H and O–H groups in total. The third kappa shape index (κ3) is 12.6. The van der Waals surface area contributed by atoms with Crippen molar-refractivity contribution in [2.75, 3.05) is 66.3 Å². The van der Waals surface area contributed by atoms with Crippen LogP contribution in [0.15, 0.2) is 0 Å². The standard InChI is InChI=1S/C31H60FN3O4/c1-28(2,34-23-31(32)14-17-36-18-15-31)12-13-30(5,6)39-22-25-8-10-26(11-9-25)38-24-29(3,4)33-20-27-21-35(7)16-19-37-27/h25-27,33-34H,8-24H2,1-7H3/t25-,26-,27?. The third-order valence-corrected chi connectivity index (χ3v) is 8.96. The first-order chi connectivity index (χ1) is 18.3. The van der Waals surface area contributed by atoms with Crippen LogP contribution in [0.25, 0.3) is 0 Å². The van der Waals surface area contributed by atoms with Gasteiger partial charge in [0.15, 0.2) is 0 Å². The summed E-state index contributed by atoms with van der Waals surface area (Å²) in [5.41, 5.74) is -1.53. The quantitative estimate of drug-likeness (QED) is 0.302. The average Bonchev–Trinajstić information content (AvgIpc) is 2.89. The van der Waals surface area contributed by atoms with Gasteiger partial charge in [0.25, 0.3) is 0 Å². The second-order valence-corrected chi connectivity index (χ2v) is 14.5. The highest BCUT2D eigenvalue weighted by atomic mass is 19.1. The van der Waals surface area contributed by atoms with E-state index in [-0.39, 0.29) is 22.8 Å². The number of nitrogens with one attached hydrogen (secondary N) is 2. The number of hydrogen-bond acceptors (Lipinski definition) is 7. The van der Waals surface area contributed by atoms with E-state index < -0.39 is 5.67 Å². The molecule has 0 radical (unpaired) electrons. The fraction of sp³-hybridized carbons (Fsp3) is 1.00. The summed E-state index contributed by atoms with van der Waals surface area (Å²) in [5.74, 6) is 0.599. The molecular weight excluding hydrogens is 497 g/mol. The van der Waals surface area contributed by atoms with E-state index >= 15 is 0 Å². The van der Waals surface area contributed by atoms with Crippen LogP contribution in [0.2, 0.25) is 0 Å². The van der Waals surface area contributed by atoms with Crippen LogP contribution in [0, 0.1) is 5.92 Å². The Morgan fingerprint density at radius 3 is 2.28 bits per heavy atom. The molecule has 39 heavy (non-hydrogen) atoms. The van der Waals surface area contributed by atoms with Crippen LogP contribution in [-0.2, 0) is 18.9 Å². The van der Waals surface area contributed by atoms with Crippen LogP contribution in [0.1, 0.15) is 92.9 Å². The Morgan fingerprint density at radius 1 is 0.923 bits per heavy atom. The highest BCUT2D eigenvalue weighted by Crippen LogP contribution is 2.31. The summed E-state index contributed by atoms with van der Waals surface area (Å²) >= 11 is 0. The molecule has 0 spiro atoms. The topological polar surface area (TPSA) is 64.2 Å². The van der Waals surface area contributed by atoms with Gasteiger partial charge in [0.1, 0.15) is 5.67 Å². The summed E-state index contributed by atoms with van der Waals surface area (Å²) < 4.78 is 39.0. The molecule has 0 aromatic rings. The van der Waals surface area contributed by atoms with E-state index in [1.807, 2.05) is 0 Å². The van der Waals surface area contributed by atoms with Crippen molar-refractivity contribution in [2.45, 2.75) is 127 Å². The van der Waals surface area contributed by atoms with Crippen molar-refractivity contribution < 1.29 is 23.3 Å². The SMILES string of the molecule is CN1CCOC(CNC(C)(C)CO[C@H]2CC[C@H](COC(C)(C)CCC(C)(C)NCC3(F)CCOCC3)CC2)C1. The second kappa shape index (κ2) is 14.7. The molecule has 1 unspecified atom stereocenters. The van der Waals surface area contributed by atoms with Crippen LogP contribution < -0.4 is 10.6 Å². The number of hydrogen-bond donors (Lipinski definition) is 2. The largest absolute Gasteiger partial charge is 0.381 e. The van der Waals surface area contributed by atoms with Gasteiger partial charge in [-0.05, 0) is 93.0 Å². The van der Waals surface area contributed by atoms with Crippen molar-refractivity contribution in [1.82, 2.24) is 15.5 Å². The molecule has 3 aliphatic rings. The number of nitrogens with zero attached hydrogens (tertiary/aromatic N) is 1. The van der Waals surface area contributed by atoms with E-state index in [0.717, 1.165) is 78.0 Å². The molecule has 1 atom stereocenters.